The summed E-state index contributed by atoms with van der Waals surface area (Å²) in [5.41, 5.74) is 5.66. The van der Waals surface area contributed by atoms with Crippen LogP contribution in [-0.4, -0.2) is 29.7 Å². The molecule has 4 heteroatoms. The average Bonchev–Trinajstić information content (AvgIpc) is 2.54. The first-order chi connectivity index (χ1) is 8.09. The van der Waals surface area contributed by atoms with Gasteiger partial charge in [0, 0.05) is 19.0 Å². The molecule has 0 aromatic rings. The van der Waals surface area contributed by atoms with Crippen LogP contribution in [0.25, 0.3) is 0 Å². The molecule has 2 unspecified atom stereocenters. The monoisotopic (exact) mass is 242 g/mol. The number of aliphatic hydroxyl groups excluding tert-OH is 1. The minimum atomic E-state index is -0.576. The summed E-state index contributed by atoms with van der Waals surface area (Å²) in [5.74, 6) is 0.619. The molecule has 0 radical (unpaired) electrons. The Morgan fingerprint density at radius 2 is 1.94 bits per heavy atom. The molecular formula is C13H26N2O2. The fourth-order valence-corrected chi connectivity index (χ4v) is 2.30. The standard InChI is InChI=1S/C13H26N2O2/c1-10(16)12(14)9-15-13(17)8-11-6-4-2-3-5-7-11/h10-12,16H,2-9,14H2,1H3,(H,15,17). The second kappa shape index (κ2) is 7.67. The molecule has 1 aliphatic rings. The molecule has 0 heterocycles. The molecule has 100 valence electrons. The Morgan fingerprint density at radius 1 is 1.35 bits per heavy atom. The highest BCUT2D eigenvalue weighted by atomic mass is 16.3. The largest absolute Gasteiger partial charge is 0.392 e. The molecule has 0 bridgehead atoms. The maximum Gasteiger partial charge on any atom is 0.220 e. The predicted molar refractivity (Wildman–Crippen MR) is 68.5 cm³/mol. The van der Waals surface area contributed by atoms with Crippen molar-refractivity contribution in [2.45, 2.75) is 64.0 Å². The Morgan fingerprint density at radius 3 is 2.47 bits per heavy atom. The van der Waals surface area contributed by atoms with Crippen molar-refractivity contribution >= 4 is 5.91 Å². The van der Waals surface area contributed by atoms with Gasteiger partial charge in [-0.25, -0.2) is 0 Å². The van der Waals surface area contributed by atoms with Gasteiger partial charge in [0.1, 0.15) is 0 Å². The van der Waals surface area contributed by atoms with E-state index in [1.165, 1.54) is 38.5 Å². The maximum atomic E-state index is 11.7. The second-order valence-electron chi connectivity index (χ2n) is 5.27. The van der Waals surface area contributed by atoms with E-state index in [0.29, 0.717) is 18.9 Å². The van der Waals surface area contributed by atoms with Gasteiger partial charge in [0.25, 0.3) is 0 Å². The third-order valence-electron chi connectivity index (χ3n) is 3.60. The number of carbonyl (C=O) groups is 1. The molecule has 1 fully saturated rings. The molecule has 0 aromatic heterocycles. The molecule has 1 saturated carbocycles. The van der Waals surface area contributed by atoms with Crippen molar-refractivity contribution in [3.63, 3.8) is 0 Å². The van der Waals surface area contributed by atoms with E-state index in [-0.39, 0.29) is 11.9 Å². The van der Waals surface area contributed by atoms with E-state index in [9.17, 15) is 9.90 Å². The fraction of sp³-hybridized carbons (Fsp3) is 0.923. The summed E-state index contributed by atoms with van der Waals surface area (Å²) in [7, 11) is 0. The van der Waals surface area contributed by atoms with Crippen molar-refractivity contribution in [1.82, 2.24) is 5.32 Å². The van der Waals surface area contributed by atoms with Crippen LogP contribution in [0.1, 0.15) is 51.9 Å². The van der Waals surface area contributed by atoms with Gasteiger partial charge in [-0.2, -0.15) is 0 Å². The van der Waals surface area contributed by atoms with Crippen molar-refractivity contribution in [3.05, 3.63) is 0 Å². The lowest BCUT2D eigenvalue weighted by Crippen LogP contribution is -2.43. The lowest BCUT2D eigenvalue weighted by atomic mass is 9.96. The van der Waals surface area contributed by atoms with Gasteiger partial charge >= 0.3 is 0 Å². The Kier molecular flexibility index (Phi) is 6.52. The summed E-state index contributed by atoms with van der Waals surface area (Å²) >= 11 is 0. The van der Waals surface area contributed by atoms with E-state index in [1.807, 2.05) is 0 Å². The van der Waals surface area contributed by atoms with Crippen LogP contribution in [0.3, 0.4) is 0 Å². The van der Waals surface area contributed by atoms with Crippen LogP contribution in [0.2, 0.25) is 0 Å². The van der Waals surface area contributed by atoms with Gasteiger partial charge in [0.15, 0.2) is 0 Å². The van der Waals surface area contributed by atoms with Crippen molar-refractivity contribution in [1.29, 1.82) is 0 Å². The quantitative estimate of drug-likeness (QED) is 0.633. The number of aliphatic hydroxyl groups is 1. The zero-order valence-electron chi connectivity index (χ0n) is 10.8. The van der Waals surface area contributed by atoms with Gasteiger partial charge in [-0.1, -0.05) is 25.7 Å². The zero-order valence-corrected chi connectivity index (χ0v) is 10.8. The van der Waals surface area contributed by atoms with Gasteiger partial charge in [0.05, 0.1) is 6.10 Å². The number of amides is 1. The smallest absolute Gasteiger partial charge is 0.220 e. The van der Waals surface area contributed by atoms with Crippen LogP contribution in [-0.2, 0) is 4.79 Å². The lowest BCUT2D eigenvalue weighted by Gasteiger charge is -2.17. The zero-order chi connectivity index (χ0) is 12.7. The highest BCUT2D eigenvalue weighted by Crippen LogP contribution is 2.25. The second-order valence-corrected chi connectivity index (χ2v) is 5.27. The Balaban J connectivity index is 2.19. The molecule has 4 nitrogen and oxygen atoms in total. The summed E-state index contributed by atoms with van der Waals surface area (Å²) in [4.78, 5) is 11.7. The number of carbonyl (C=O) groups excluding carboxylic acids is 1. The van der Waals surface area contributed by atoms with Crippen molar-refractivity contribution in [3.8, 4) is 0 Å². The summed E-state index contributed by atoms with van der Waals surface area (Å²) in [6.07, 6.45) is 7.53. The van der Waals surface area contributed by atoms with E-state index < -0.39 is 6.10 Å². The summed E-state index contributed by atoms with van der Waals surface area (Å²) in [5, 5.41) is 12.0. The molecule has 4 N–H and O–H groups in total. The Bertz CT molecular complexity index is 223. The summed E-state index contributed by atoms with van der Waals surface area (Å²) < 4.78 is 0. The van der Waals surface area contributed by atoms with E-state index in [0.717, 1.165) is 0 Å². The molecule has 0 aliphatic heterocycles. The first-order valence-corrected chi connectivity index (χ1v) is 6.80. The van der Waals surface area contributed by atoms with Crippen molar-refractivity contribution in [2.75, 3.05) is 6.54 Å². The molecule has 0 aromatic carbocycles. The molecule has 2 atom stereocenters. The molecule has 1 aliphatic carbocycles. The van der Waals surface area contributed by atoms with Gasteiger partial charge in [-0.15, -0.1) is 0 Å². The third kappa shape index (κ3) is 6.03. The van der Waals surface area contributed by atoms with Crippen LogP contribution in [0.15, 0.2) is 0 Å². The predicted octanol–water partition coefficient (Wildman–Crippen LogP) is 1.17. The van der Waals surface area contributed by atoms with Crippen LogP contribution in [0.5, 0.6) is 0 Å². The van der Waals surface area contributed by atoms with Crippen molar-refractivity contribution < 1.29 is 9.90 Å². The van der Waals surface area contributed by atoms with E-state index in [4.69, 9.17) is 5.73 Å². The van der Waals surface area contributed by atoms with Crippen LogP contribution in [0.4, 0.5) is 0 Å². The number of hydrogen-bond acceptors (Lipinski definition) is 3. The molecule has 17 heavy (non-hydrogen) atoms. The first kappa shape index (κ1) is 14.5. The highest BCUT2D eigenvalue weighted by Gasteiger charge is 2.17. The summed E-state index contributed by atoms with van der Waals surface area (Å²) in [6, 6.07) is -0.368. The average molecular weight is 242 g/mol. The maximum absolute atomic E-state index is 11.7. The topological polar surface area (TPSA) is 75.3 Å². The Hall–Kier alpha value is -0.610. The molecule has 0 spiro atoms. The molecule has 1 amide bonds. The molecule has 1 rings (SSSR count). The van der Waals surface area contributed by atoms with E-state index >= 15 is 0 Å². The minimum Gasteiger partial charge on any atom is -0.392 e. The fourth-order valence-electron chi connectivity index (χ4n) is 2.30. The lowest BCUT2D eigenvalue weighted by molar-refractivity contribution is -0.122. The van der Waals surface area contributed by atoms with Crippen LogP contribution < -0.4 is 11.1 Å². The van der Waals surface area contributed by atoms with E-state index in [2.05, 4.69) is 5.32 Å². The third-order valence-corrected chi connectivity index (χ3v) is 3.60. The molecular weight excluding hydrogens is 216 g/mol. The van der Waals surface area contributed by atoms with Crippen LogP contribution in [0, 0.1) is 5.92 Å². The van der Waals surface area contributed by atoms with Crippen molar-refractivity contribution in [2.24, 2.45) is 11.7 Å². The SMILES string of the molecule is CC(O)C(N)CNC(=O)CC1CCCCCC1. The number of nitrogens with two attached hydrogens (primary N) is 1. The number of hydrogen-bond donors (Lipinski definition) is 3. The summed E-state index contributed by atoms with van der Waals surface area (Å²) in [6.45, 7) is 2.01. The first-order valence-electron chi connectivity index (χ1n) is 6.80. The minimum absolute atomic E-state index is 0.0769. The van der Waals surface area contributed by atoms with Gasteiger partial charge in [-0.3, -0.25) is 4.79 Å². The van der Waals surface area contributed by atoms with Gasteiger partial charge in [0.2, 0.25) is 5.91 Å². The number of nitrogens with one attached hydrogen (secondary N) is 1. The Labute approximate surface area is 104 Å². The molecule has 0 saturated heterocycles. The highest BCUT2D eigenvalue weighted by molar-refractivity contribution is 5.76. The van der Waals surface area contributed by atoms with E-state index in [1.54, 1.807) is 6.92 Å². The number of rotatable bonds is 5. The van der Waals surface area contributed by atoms with Gasteiger partial charge in [-0.05, 0) is 25.7 Å². The van der Waals surface area contributed by atoms with Gasteiger partial charge < -0.3 is 16.2 Å². The normalized spacial score (nSPS) is 21.6. The van der Waals surface area contributed by atoms with Crippen LogP contribution >= 0.6 is 0 Å².